The van der Waals surface area contributed by atoms with Gasteiger partial charge in [0.05, 0.1) is 17.8 Å². The summed E-state index contributed by atoms with van der Waals surface area (Å²) >= 11 is 0. The second-order valence-electron chi connectivity index (χ2n) is 6.21. The number of benzene rings is 2. The molecule has 1 aromatic heterocycles. The topological polar surface area (TPSA) is 46.4 Å². The third-order valence-electron chi connectivity index (χ3n) is 4.41. The van der Waals surface area contributed by atoms with Gasteiger partial charge < -0.3 is 5.32 Å². The van der Waals surface area contributed by atoms with E-state index in [9.17, 15) is 4.57 Å². The average molecular weight is 362 g/mol. The molecule has 0 fully saturated rings. The van der Waals surface area contributed by atoms with Crippen LogP contribution in [0.1, 0.15) is 18.1 Å². The first kappa shape index (κ1) is 18.0. The standard InChI is InChI=1S/C21H21N3OP/c1-4-15-12-18-19(13-16(15)10-11-26(3)25)23-14-20(22-2)21(18)24-17-8-6-5-7-9-17/h5-9,12-14H,4,10-11H2,1,3H3,(H,23,24)/q+1. The van der Waals surface area contributed by atoms with Gasteiger partial charge >= 0.3 is 7.80 Å². The van der Waals surface area contributed by atoms with Gasteiger partial charge in [0.2, 0.25) is 5.69 Å². The van der Waals surface area contributed by atoms with Crippen LogP contribution in [0.5, 0.6) is 0 Å². The van der Waals surface area contributed by atoms with Crippen LogP contribution < -0.4 is 5.32 Å². The predicted octanol–water partition coefficient (Wildman–Crippen LogP) is 6.09. The van der Waals surface area contributed by atoms with E-state index in [4.69, 9.17) is 6.57 Å². The van der Waals surface area contributed by atoms with Crippen LogP contribution in [0.15, 0.2) is 48.7 Å². The van der Waals surface area contributed by atoms with E-state index in [0.29, 0.717) is 11.8 Å². The molecule has 1 atom stereocenters. The van der Waals surface area contributed by atoms with Crippen molar-refractivity contribution < 1.29 is 4.57 Å². The Morgan fingerprint density at radius 1 is 1.19 bits per heavy atom. The van der Waals surface area contributed by atoms with Crippen LogP contribution in [0.25, 0.3) is 15.7 Å². The summed E-state index contributed by atoms with van der Waals surface area (Å²) in [5, 5.41) is 4.33. The van der Waals surface area contributed by atoms with Gasteiger partial charge in [-0.1, -0.05) is 29.7 Å². The maximum atomic E-state index is 11.5. The lowest BCUT2D eigenvalue weighted by atomic mass is 9.99. The van der Waals surface area contributed by atoms with E-state index in [1.54, 1.807) is 12.9 Å². The van der Waals surface area contributed by atoms with Gasteiger partial charge in [-0.15, -0.1) is 0 Å². The van der Waals surface area contributed by atoms with Crippen molar-refractivity contribution in [3.05, 3.63) is 71.2 Å². The van der Waals surface area contributed by atoms with Crippen LogP contribution in [-0.2, 0) is 17.4 Å². The summed E-state index contributed by atoms with van der Waals surface area (Å²) < 4.78 is 11.5. The number of aromatic nitrogens is 1. The first-order valence-corrected chi connectivity index (χ1v) is 10.5. The van der Waals surface area contributed by atoms with E-state index in [1.165, 1.54) is 11.1 Å². The molecule has 0 aliphatic carbocycles. The first-order valence-electron chi connectivity index (χ1n) is 8.64. The number of nitrogens with zero attached hydrogens (tertiary/aromatic N) is 2. The van der Waals surface area contributed by atoms with Crippen molar-refractivity contribution in [2.45, 2.75) is 19.8 Å². The number of fused-ring (bicyclic) bond motifs is 1. The van der Waals surface area contributed by atoms with Gasteiger partial charge in [0.15, 0.2) is 0 Å². The number of pyridine rings is 1. The van der Waals surface area contributed by atoms with Crippen molar-refractivity contribution in [1.29, 1.82) is 0 Å². The number of anilines is 2. The summed E-state index contributed by atoms with van der Waals surface area (Å²) in [6, 6.07) is 14.1. The van der Waals surface area contributed by atoms with Crippen molar-refractivity contribution in [3.63, 3.8) is 0 Å². The molecule has 2 aromatic carbocycles. The molecular formula is C21H21N3OP+. The number of nitrogens with one attached hydrogen (secondary N) is 1. The Morgan fingerprint density at radius 2 is 1.96 bits per heavy atom. The van der Waals surface area contributed by atoms with E-state index >= 15 is 0 Å². The minimum absolute atomic E-state index is 0.507. The maximum absolute atomic E-state index is 11.5. The van der Waals surface area contributed by atoms with Crippen LogP contribution in [0.2, 0.25) is 0 Å². The average Bonchev–Trinajstić information content (AvgIpc) is 2.66. The molecule has 1 heterocycles. The Hall–Kier alpha value is -2.76. The van der Waals surface area contributed by atoms with E-state index in [-0.39, 0.29) is 0 Å². The summed E-state index contributed by atoms with van der Waals surface area (Å²) in [5.41, 5.74) is 5.50. The summed E-state index contributed by atoms with van der Waals surface area (Å²) in [7, 11) is -1.15. The molecule has 0 saturated carbocycles. The van der Waals surface area contributed by atoms with Crippen molar-refractivity contribution in [3.8, 4) is 0 Å². The quantitative estimate of drug-likeness (QED) is 0.426. The fourth-order valence-electron chi connectivity index (χ4n) is 3.04. The van der Waals surface area contributed by atoms with E-state index < -0.39 is 7.80 Å². The Kier molecular flexibility index (Phi) is 5.61. The molecule has 0 saturated heterocycles. The Labute approximate surface area is 154 Å². The molecule has 0 spiro atoms. The largest absolute Gasteiger partial charge is 0.364 e. The van der Waals surface area contributed by atoms with Crippen molar-refractivity contribution in [1.82, 2.24) is 4.98 Å². The Morgan fingerprint density at radius 3 is 2.62 bits per heavy atom. The third-order valence-corrected chi connectivity index (χ3v) is 5.26. The zero-order chi connectivity index (χ0) is 18.5. The Bertz CT molecular complexity index is 994. The molecular weight excluding hydrogens is 341 g/mol. The molecule has 5 heteroatoms. The number of hydrogen-bond donors (Lipinski definition) is 1. The molecule has 3 rings (SSSR count). The summed E-state index contributed by atoms with van der Waals surface area (Å²) in [6.45, 7) is 11.4. The van der Waals surface area contributed by atoms with Crippen LogP contribution in [0.3, 0.4) is 0 Å². The van der Waals surface area contributed by atoms with Crippen LogP contribution in [0.4, 0.5) is 17.1 Å². The fourth-order valence-corrected chi connectivity index (χ4v) is 3.59. The molecule has 0 radical (unpaired) electrons. The molecule has 1 unspecified atom stereocenters. The molecule has 0 bridgehead atoms. The highest BCUT2D eigenvalue weighted by atomic mass is 31.1. The highest BCUT2D eigenvalue weighted by molar-refractivity contribution is 7.43. The van der Waals surface area contributed by atoms with Crippen molar-refractivity contribution in [2.24, 2.45) is 0 Å². The van der Waals surface area contributed by atoms with Gasteiger partial charge in [0.1, 0.15) is 12.8 Å². The summed E-state index contributed by atoms with van der Waals surface area (Å²) in [4.78, 5) is 8.13. The molecule has 26 heavy (non-hydrogen) atoms. The van der Waals surface area contributed by atoms with Gasteiger partial charge in [-0.05, 0) is 41.8 Å². The molecule has 130 valence electrons. The lowest BCUT2D eigenvalue weighted by molar-refractivity contribution is 0.590. The number of hydrogen-bond acceptors (Lipinski definition) is 3. The minimum atomic E-state index is -1.15. The smallest absolute Gasteiger partial charge is 0.335 e. The number of aryl methyl sites for hydroxylation is 2. The first-order chi connectivity index (χ1) is 12.6. The van der Waals surface area contributed by atoms with Crippen LogP contribution in [0, 0.1) is 6.57 Å². The SMILES string of the molecule is [C-]#[N+]c1cnc2cc(CC[P+](C)=O)c(CC)cc2c1Nc1ccccc1. The maximum Gasteiger partial charge on any atom is 0.335 e. The minimum Gasteiger partial charge on any atom is -0.364 e. The molecule has 1 N–H and O–H groups in total. The highest BCUT2D eigenvalue weighted by Crippen LogP contribution is 2.36. The van der Waals surface area contributed by atoms with Gasteiger partial charge in [0, 0.05) is 23.7 Å². The van der Waals surface area contributed by atoms with Crippen molar-refractivity contribution >= 4 is 35.8 Å². The van der Waals surface area contributed by atoms with Crippen molar-refractivity contribution in [2.75, 3.05) is 18.1 Å². The van der Waals surface area contributed by atoms with Gasteiger partial charge in [-0.3, -0.25) is 4.98 Å². The van der Waals surface area contributed by atoms with E-state index in [1.807, 2.05) is 30.3 Å². The molecule has 4 nitrogen and oxygen atoms in total. The second-order valence-corrected chi connectivity index (χ2v) is 7.92. The van der Waals surface area contributed by atoms with Gasteiger partial charge in [-0.2, -0.15) is 0 Å². The van der Waals surface area contributed by atoms with Gasteiger partial charge in [0.25, 0.3) is 0 Å². The molecule has 3 aromatic rings. The summed E-state index contributed by atoms with van der Waals surface area (Å²) in [5.74, 6) is 0. The van der Waals surface area contributed by atoms with E-state index in [2.05, 4.69) is 34.2 Å². The number of para-hydroxylation sites is 1. The number of rotatable bonds is 6. The lowest BCUT2D eigenvalue weighted by Crippen LogP contribution is -1.99. The summed E-state index contributed by atoms with van der Waals surface area (Å²) in [6.07, 6.45) is 3.98. The predicted molar refractivity (Wildman–Crippen MR) is 109 cm³/mol. The monoisotopic (exact) mass is 362 g/mol. The lowest BCUT2D eigenvalue weighted by Gasteiger charge is -2.14. The zero-order valence-electron chi connectivity index (χ0n) is 15.0. The van der Waals surface area contributed by atoms with Crippen LogP contribution >= 0.6 is 7.80 Å². The Balaban J connectivity index is 2.13. The fraction of sp³-hybridized carbons (Fsp3) is 0.238. The third kappa shape index (κ3) is 3.90. The van der Waals surface area contributed by atoms with Crippen LogP contribution in [-0.4, -0.2) is 17.8 Å². The molecule has 0 aliphatic rings. The molecule has 0 amide bonds. The highest BCUT2D eigenvalue weighted by Gasteiger charge is 2.14. The normalized spacial score (nSPS) is 11.2. The molecule has 0 aliphatic heterocycles. The van der Waals surface area contributed by atoms with E-state index in [0.717, 1.165) is 35.1 Å². The zero-order valence-corrected chi connectivity index (χ0v) is 15.9. The van der Waals surface area contributed by atoms with Gasteiger partial charge in [-0.25, -0.2) is 4.85 Å². The second kappa shape index (κ2) is 8.08.